The van der Waals surface area contributed by atoms with E-state index in [9.17, 15) is 8.42 Å². The second kappa shape index (κ2) is 5.60. The number of hydrogen-bond acceptors (Lipinski definition) is 3. The first-order chi connectivity index (χ1) is 4.29. The van der Waals surface area contributed by atoms with Crippen LogP contribution in [0.2, 0.25) is 0 Å². The van der Waals surface area contributed by atoms with Crippen LogP contribution in [0.15, 0.2) is 0 Å². The van der Waals surface area contributed by atoms with Crippen molar-refractivity contribution in [2.75, 3.05) is 0 Å². The van der Waals surface area contributed by atoms with Crippen LogP contribution in [0.25, 0.3) is 0 Å². The maximum absolute atomic E-state index is 9.32. The second-order valence-electron chi connectivity index (χ2n) is 2.32. The molecule has 0 heterocycles. The summed E-state index contributed by atoms with van der Waals surface area (Å²) in [5.41, 5.74) is 0. The van der Waals surface area contributed by atoms with Crippen LogP contribution in [-0.2, 0) is 10.3 Å². The first kappa shape index (κ1) is 12.5. The Balaban J connectivity index is 0. The summed E-state index contributed by atoms with van der Waals surface area (Å²) in [5.74, 6) is 5.05. The average molecular weight is 170 g/mol. The number of rotatable bonds is 1. The van der Waals surface area contributed by atoms with Gasteiger partial charge in [-0.05, 0) is 5.92 Å². The van der Waals surface area contributed by atoms with Crippen LogP contribution in [0.5, 0.6) is 0 Å². The highest BCUT2D eigenvalue weighted by Crippen LogP contribution is 1.81. The highest BCUT2D eigenvalue weighted by Gasteiger charge is 1.91. The van der Waals surface area contributed by atoms with Crippen molar-refractivity contribution in [2.24, 2.45) is 11.8 Å². The molecule has 0 fully saturated rings. The van der Waals surface area contributed by atoms with Crippen molar-refractivity contribution in [1.82, 2.24) is 4.83 Å². The quantitative estimate of drug-likeness (QED) is 0.291. The highest BCUT2D eigenvalue weighted by molar-refractivity contribution is 7.83. The van der Waals surface area contributed by atoms with E-state index in [1.54, 1.807) is 0 Å². The van der Waals surface area contributed by atoms with Gasteiger partial charge in [0.15, 0.2) is 0 Å². The van der Waals surface area contributed by atoms with Crippen molar-refractivity contribution in [1.29, 1.82) is 0 Å². The third-order valence-electron chi connectivity index (χ3n) is 0.149. The molecular weight excluding hydrogens is 156 g/mol. The van der Waals surface area contributed by atoms with E-state index in [1.807, 2.05) is 0 Å². The SMILES string of the molecule is CC(C)C.NNS(=O)(=O)O. The van der Waals surface area contributed by atoms with Crippen molar-refractivity contribution >= 4 is 10.3 Å². The second-order valence-corrected chi connectivity index (χ2v) is 3.51. The fourth-order valence-corrected chi connectivity index (χ4v) is 0. The van der Waals surface area contributed by atoms with Crippen LogP contribution in [0.4, 0.5) is 0 Å². The van der Waals surface area contributed by atoms with Crippen LogP contribution in [0, 0.1) is 5.92 Å². The van der Waals surface area contributed by atoms with E-state index < -0.39 is 10.3 Å². The van der Waals surface area contributed by atoms with Crippen LogP contribution in [0.1, 0.15) is 20.8 Å². The molecule has 64 valence electrons. The van der Waals surface area contributed by atoms with Gasteiger partial charge in [-0.25, -0.2) is 0 Å². The van der Waals surface area contributed by atoms with E-state index in [4.69, 9.17) is 4.55 Å². The third-order valence-corrected chi connectivity index (χ3v) is 0.447. The summed E-state index contributed by atoms with van der Waals surface area (Å²) < 4.78 is 26.2. The molecule has 0 aliphatic carbocycles. The minimum Gasteiger partial charge on any atom is -0.273 e. The summed E-state index contributed by atoms with van der Waals surface area (Å²) in [4.78, 5) is 1.13. The lowest BCUT2D eigenvalue weighted by Crippen LogP contribution is -2.29. The molecule has 0 radical (unpaired) electrons. The molecule has 0 aliphatic rings. The zero-order valence-electron chi connectivity index (χ0n) is 6.33. The first-order valence-electron chi connectivity index (χ1n) is 2.74. The molecule has 4 N–H and O–H groups in total. The van der Waals surface area contributed by atoms with E-state index in [0.29, 0.717) is 0 Å². The van der Waals surface area contributed by atoms with Gasteiger partial charge in [-0.2, -0.15) is 8.42 Å². The van der Waals surface area contributed by atoms with Gasteiger partial charge in [-0.15, -0.1) is 4.83 Å². The molecule has 0 unspecified atom stereocenters. The van der Waals surface area contributed by atoms with Crippen LogP contribution < -0.4 is 10.7 Å². The summed E-state index contributed by atoms with van der Waals surface area (Å²) in [6, 6.07) is 0. The van der Waals surface area contributed by atoms with Crippen LogP contribution in [-0.4, -0.2) is 13.0 Å². The van der Waals surface area contributed by atoms with Crippen LogP contribution >= 0.6 is 0 Å². The maximum Gasteiger partial charge on any atom is 0.346 e. The van der Waals surface area contributed by atoms with Gasteiger partial charge in [0.25, 0.3) is 0 Å². The summed E-state index contributed by atoms with van der Waals surface area (Å²) in [5, 5.41) is 0. The average Bonchev–Trinajstić information content (AvgIpc) is 1.63. The number of hydrazine groups is 1. The monoisotopic (exact) mass is 170 g/mol. The Morgan fingerprint density at radius 1 is 1.40 bits per heavy atom. The fourth-order valence-electron chi connectivity index (χ4n) is 0. The zero-order chi connectivity index (χ0) is 8.78. The van der Waals surface area contributed by atoms with E-state index in [-0.39, 0.29) is 0 Å². The Kier molecular flexibility index (Phi) is 7.00. The molecule has 0 aromatic rings. The van der Waals surface area contributed by atoms with E-state index in [0.717, 1.165) is 10.7 Å². The molecule has 0 saturated carbocycles. The Bertz CT molecular complexity index is 149. The minimum atomic E-state index is -4.13. The predicted molar refractivity (Wildman–Crippen MR) is 39.4 cm³/mol. The van der Waals surface area contributed by atoms with E-state index in [1.165, 1.54) is 0 Å². The molecule has 6 heteroatoms. The van der Waals surface area contributed by atoms with E-state index >= 15 is 0 Å². The minimum absolute atomic E-state index is 0.833. The van der Waals surface area contributed by atoms with Crippen LogP contribution in [0.3, 0.4) is 0 Å². The normalized spacial score (nSPS) is 10.6. The van der Waals surface area contributed by atoms with Crippen molar-refractivity contribution < 1.29 is 13.0 Å². The molecule has 0 aliphatic heterocycles. The van der Waals surface area contributed by atoms with Gasteiger partial charge in [-0.1, -0.05) is 20.8 Å². The van der Waals surface area contributed by atoms with Crippen molar-refractivity contribution in [3.63, 3.8) is 0 Å². The van der Waals surface area contributed by atoms with E-state index in [2.05, 4.69) is 26.6 Å². The number of nitrogens with two attached hydrogens (primary N) is 1. The molecule has 0 spiro atoms. The van der Waals surface area contributed by atoms with Gasteiger partial charge >= 0.3 is 10.3 Å². The lowest BCUT2D eigenvalue weighted by Gasteiger charge is -1.83. The highest BCUT2D eigenvalue weighted by atomic mass is 32.2. The van der Waals surface area contributed by atoms with Gasteiger partial charge in [0.2, 0.25) is 0 Å². The Morgan fingerprint density at radius 3 is 1.50 bits per heavy atom. The van der Waals surface area contributed by atoms with Gasteiger partial charge in [0, 0.05) is 0 Å². The molecule has 0 saturated heterocycles. The van der Waals surface area contributed by atoms with Gasteiger partial charge in [0.05, 0.1) is 0 Å². The zero-order valence-corrected chi connectivity index (χ0v) is 7.14. The molecule has 10 heavy (non-hydrogen) atoms. The fraction of sp³-hybridized carbons (Fsp3) is 1.00. The summed E-state index contributed by atoms with van der Waals surface area (Å²) in [6.45, 7) is 6.50. The Labute approximate surface area is 61.5 Å². The van der Waals surface area contributed by atoms with Gasteiger partial charge < -0.3 is 0 Å². The summed E-state index contributed by atoms with van der Waals surface area (Å²) in [6.07, 6.45) is 0. The van der Waals surface area contributed by atoms with Crippen molar-refractivity contribution in [2.45, 2.75) is 20.8 Å². The molecular formula is C4H14N2O3S. The lowest BCUT2D eigenvalue weighted by atomic mass is 10.3. The summed E-state index contributed by atoms with van der Waals surface area (Å²) in [7, 11) is -4.13. The molecule has 0 aromatic carbocycles. The van der Waals surface area contributed by atoms with Crippen molar-refractivity contribution in [3.8, 4) is 0 Å². The molecule has 0 atom stereocenters. The summed E-state index contributed by atoms with van der Waals surface area (Å²) >= 11 is 0. The number of hydrogen-bond donors (Lipinski definition) is 3. The van der Waals surface area contributed by atoms with Gasteiger partial charge in [-0.3, -0.25) is 10.4 Å². The molecule has 0 bridgehead atoms. The Morgan fingerprint density at radius 2 is 1.50 bits per heavy atom. The Hall–Kier alpha value is -0.170. The topological polar surface area (TPSA) is 92.4 Å². The predicted octanol–water partition coefficient (Wildman–Crippen LogP) is -0.0852. The standard InChI is InChI=1S/C4H10.H4N2O3S/c1-4(2)3;1-2-6(3,4)5/h4H,1-3H3;2H,1H2,(H,3,4,5). The molecule has 5 nitrogen and oxygen atoms in total. The lowest BCUT2D eigenvalue weighted by molar-refractivity contribution is 0.469. The third kappa shape index (κ3) is 45.6. The molecule has 0 rings (SSSR count). The molecule has 0 aromatic heterocycles. The smallest absolute Gasteiger partial charge is 0.273 e. The number of nitrogens with one attached hydrogen (secondary N) is 1. The maximum atomic E-state index is 9.32. The molecule has 0 amide bonds. The largest absolute Gasteiger partial charge is 0.346 e. The first-order valence-corrected chi connectivity index (χ1v) is 4.18. The van der Waals surface area contributed by atoms with Gasteiger partial charge in [0.1, 0.15) is 0 Å². The van der Waals surface area contributed by atoms with Crippen molar-refractivity contribution in [3.05, 3.63) is 0 Å².